The van der Waals surface area contributed by atoms with Gasteiger partial charge in [0.15, 0.2) is 0 Å². The van der Waals surface area contributed by atoms with E-state index in [1.165, 1.54) is 0 Å². The fraction of sp³-hybridized carbons (Fsp3) is 0.600. The van der Waals surface area contributed by atoms with Crippen LogP contribution in [0.1, 0.15) is 49.2 Å². The number of hydrogen-bond donors (Lipinski definition) is 1. The third-order valence-electron chi connectivity index (χ3n) is 3.65. The van der Waals surface area contributed by atoms with Gasteiger partial charge in [-0.25, -0.2) is 4.98 Å². The summed E-state index contributed by atoms with van der Waals surface area (Å²) in [5.41, 5.74) is 1.71. The van der Waals surface area contributed by atoms with E-state index in [1.54, 1.807) is 0 Å². The van der Waals surface area contributed by atoms with Crippen LogP contribution in [-0.2, 0) is 0 Å². The highest BCUT2D eigenvalue weighted by molar-refractivity contribution is 5.95. The third kappa shape index (κ3) is 3.06. The standard InChI is InChI=1S/C15H23N3O/c1-10(2)13-7-12(8-14(16-4)17-13)15(19)18-6-5-11(3)9-18/h7-8,10-11H,5-6,9H2,1-4H3,(H,16,17). The Balaban J connectivity index is 2.28. The van der Waals surface area contributed by atoms with Crippen LogP contribution in [0.4, 0.5) is 5.82 Å². The van der Waals surface area contributed by atoms with Gasteiger partial charge in [-0.05, 0) is 30.4 Å². The summed E-state index contributed by atoms with van der Waals surface area (Å²) in [6.45, 7) is 8.11. The number of amides is 1. The monoisotopic (exact) mass is 261 g/mol. The van der Waals surface area contributed by atoms with Crippen molar-refractivity contribution in [3.05, 3.63) is 23.4 Å². The van der Waals surface area contributed by atoms with E-state index in [0.717, 1.165) is 36.6 Å². The summed E-state index contributed by atoms with van der Waals surface area (Å²) >= 11 is 0. The molecule has 4 nitrogen and oxygen atoms in total. The zero-order chi connectivity index (χ0) is 14.0. The van der Waals surface area contributed by atoms with Crippen LogP contribution in [0.25, 0.3) is 0 Å². The minimum absolute atomic E-state index is 0.130. The summed E-state index contributed by atoms with van der Waals surface area (Å²) in [7, 11) is 1.83. The zero-order valence-electron chi connectivity index (χ0n) is 12.2. The molecule has 1 unspecified atom stereocenters. The van der Waals surface area contributed by atoms with Crippen molar-refractivity contribution in [3.8, 4) is 0 Å². The Hall–Kier alpha value is -1.58. The molecule has 0 radical (unpaired) electrons. The van der Waals surface area contributed by atoms with Crippen LogP contribution in [0.5, 0.6) is 0 Å². The lowest BCUT2D eigenvalue weighted by atomic mass is 10.1. The summed E-state index contributed by atoms with van der Waals surface area (Å²) in [4.78, 5) is 18.9. The van der Waals surface area contributed by atoms with Crippen LogP contribution in [0, 0.1) is 5.92 Å². The molecule has 2 rings (SSSR count). The minimum atomic E-state index is 0.130. The molecule has 0 aromatic carbocycles. The lowest BCUT2D eigenvalue weighted by Gasteiger charge is -2.17. The molecule has 1 fully saturated rings. The van der Waals surface area contributed by atoms with Crippen LogP contribution < -0.4 is 5.32 Å². The molecular formula is C15H23N3O. The maximum Gasteiger partial charge on any atom is 0.254 e. The van der Waals surface area contributed by atoms with Gasteiger partial charge in [-0.15, -0.1) is 0 Å². The van der Waals surface area contributed by atoms with Crippen LogP contribution in [0.3, 0.4) is 0 Å². The fourth-order valence-corrected chi connectivity index (χ4v) is 2.40. The van der Waals surface area contributed by atoms with Crippen molar-refractivity contribution in [2.75, 3.05) is 25.5 Å². The van der Waals surface area contributed by atoms with E-state index >= 15 is 0 Å². The summed E-state index contributed by atoms with van der Waals surface area (Å²) in [5.74, 6) is 1.82. The van der Waals surface area contributed by atoms with Gasteiger partial charge in [0.2, 0.25) is 0 Å². The number of pyridine rings is 1. The van der Waals surface area contributed by atoms with Crippen LogP contribution in [0.2, 0.25) is 0 Å². The maximum atomic E-state index is 12.5. The Morgan fingerprint density at radius 2 is 2.21 bits per heavy atom. The predicted octanol–water partition coefficient (Wildman–Crippen LogP) is 2.73. The smallest absolute Gasteiger partial charge is 0.254 e. The van der Waals surface area contributed by atoms with E-state index in [2.05, 4.69) is 31.1 Å². The second-order valence-corrected chi connectivity index (χ2v) is 5.72. The van der Waals surface area contributed by atoms with E-state index in [4.69, 9.17) is 0 Å². The average molecular weight is 261 g/mol. The molecule has 1 N–H and O–H groups in total. The Labute approximate surface area is 115 Å². The van der Waals surface area contributed by atoms with Crippen molar-refractivity contribution in [1.29, 1.82) is 0 Å². The molecule has 19 heavy (non-hydrogen) atoms. The van der Waals surface area contributed by atoms with Crippen molar-refractivity contribution >= 4 is 11.7 Å². The van der Waals surface area contributed by atoms with Crippen LogP contribution in [0.15, 0.2) is 12.1 Å². The van der Waals surface area contributed by atoms with Crippen LogP contribution >= 0.6 is 0 Å². The quantitative estimate of drug-likeness (QED) is 0.910. The number of hydrogen-bond acceptors (Lipinski definition) is 3. The largest absolute Gasteiger partial charge is 0.373 e. The summed E-state index contributed by atoms with van der Waals surface area (Å²) in [5, 5.41) is 3.04. The first-order valence-electron chi connectivity index (χ1n) is 7.00. The van der Waals surface area contributed by atoms with Gasteiger partial charge in [-0.2, -0.15) is 0 Å². The Morgan fingerprint density at radius 1 is 1.47 bits per heavy atom. The molecule has 0 bridgehead atoms. The third-order valence-corrected chi connectivity index (χ3v) is 3.65. The van der Waals surface area contributed by atoms with Gasteiger partial charge >= 0.3 is 0 Å². The van der Waals surface area contributed by atoms with Gasteiger partial charge in [0.05, 0.1) is 0 Å². The van der Waals surface area contributed by atoms with Gasteiger partial charge in [0.25, 0.3) is 5.91 Å². The second-order valence-electron chi connectivity index (χ2n) is 5.72. The number of anilines is 1. The predicted molar refractivity (Wildman–Crippen MR) is 77.6 cm³/mol. The molecule has 0 aliphatic carbocycles. The van der Waals surface area contributed by atoms with Crippen molar-refractivity contribution in [3.63, 3.8) is 0 Å². The molecule has 0 saturated carbocycles. The number of likely N-dealkylation sites (tertiary alicyclic amines) is 1. The van der Waals surface area contributed by atoms with E-state index in [1.807, 2.05) is 24.1 Å². The minimum Gasteiger partial charge on any atom is -0.373 e. The molecule has 4 heteroatoms. The highest BCUT2D eigenvalue weighted by Gasteiger charge is 2.25. The number of rotatable bonds is 3. The first kappa shape index (κ1) is 13.8. The van der Waals surface area contributed by atoms with Crippen molar-refractivity contribution < 1.29 is 4.79 Å². The normalized spacial score (nSPS) is 19.0. The SMILES string of the molecule is CNc1cc(C(=O)N2CCC(C)C2)cc(C(C)C)n1. The number of nitrogens with one attached hydrogen (secondary N) is 1. The molecule has 2 heterocycles. The maximum absolute atomic E-state index is 12.5. The highest BCUT2D eigenvalue weighted by Crippen LogP contribution is 2.22. The van der Waals surface area contributed by atoms with Crippen molar-refractivity contribution in [2.24, 2.45) is 5.92 Å². The zero-order valence-corrected chi connectivity index (χ0v) is 12.2. The number of aromatic nitrogens is 1. The molecule has 104 valence electrons. The number of carbonyl (C=O) groups is 1. The van der Waals surface area contributed by atoms with Crippen molar-refractivity contribution in [2.45, 2.75) is 33.1 Å². The second kappa shape index (κ2) is 5.59. The van der Waals surface area contributed by atoms with Crippen molar-refractivity contribution in [1.82, 2.24) is 9.88 Å². The molecule has 1 atom stereocenters. The lowest BCUT2D eigenvalue weighted by Crippen LogP contribution is -2.28. The molecule has 1 aromatic rings. The van der Waals surface area contributed by atoms with Gasteiger partial charge in [-0.3, -0.25) is 4.79 Å². The van der Waals surface area contributed by atoms with E-state index < -0.39 is 0 Å². The Bertz CT molecular complexity index is 470. The summed E-state index contributed by atoms with van der Waals surface area (Å²) in [6.07, 6.45) is 1.10. The van der Waals surface area contributed by atoms with Gasteiger partial charge < -0.3 is 10.2 Å². The molecular weight excluding hydrogens is 238 g/mol. The average Bonchev–Trinajstić information content (AvgIpc) is 2.83. The van der Waals surface area contributed by atoms with E-state index in [9.17, 15) is 4.79 Å². The number of nitrogens with zero attached hydrogens (tertiary/aromatic N) is 2. The molecule has 1 aliphatic heterocycles. The van der Waals surface area contributed by atoms with Crippen LogP contribution in [-0.4, -0.2) is 35.9 Å². The van der Waals surface area contributed by atoms with Gasteiger partial charge in [0, 0.05) is 31.4 Å². The molecule has 1 aliphatic rings. The topological polar surface area (TPSA) is 45.2 Å². The Kier molecular flexibility index (Phi) is 4.08. The number of carbonyl (C=O) groups excluding carboxylic acids is 1. The molecule has 1 saturated heterocycles. The highest BCUT2D eigenvalue weighted by atomic mass is 16.2. The summed E-state index contributed by atoms with van der Waals surface area (Å²) in [6, 6.07) is 3.77. The first-order valence-corrected chi connectivity index (χ1v) is 7.00. The molecule has 1 amide bonds. The fourth-order valence-electron chi connectivity index (χ4n) is 2.40. The first-order chi connectivity index (χ1) is 9.01. The van der Waals surface area contributed by atoms with Gasteiger partial charge in [-0.1, -0.05) is 20.8 Å². The lowest BCUT2D eigenvalue weighted by molar-refractivity contribution is 0.0788. The summed E-state index contributed by atoms with van der Waals surface area (Å²) < 4.78 is 0. The Morgan fingerprint density at radius 3 is 2.74 bits per heavy atom. The molecule has 0 spiro atoms. The molecule has 1 aromatic heterocycles. The van der Waals surface area contributed by atoms with E-state index in [0.29, 0.717) is 11.8 Å². The van der Waals surface area contributed by atoms with E-state index in [-0.39, 0.29) is 5.91 Å². The van der Waals surface area contributed by atoms with Gasteiger partial charge in [0.1, 0.15) is 5.82 Å².